The van der Waals surface area contributed by atoms with E-state index in [1.807, 2.05) is 6.07 Å². The number of carboxylic acid groups (broad SMARTS) is 2. The lowest BCUT2D eigenvalue weighted by Gasteiger charge is -2.35. The van der Waals surface area contributed by atoms with Crippen LogP contribution in [0.4, 0.5) is 18.9 Å². The van der Waals surface area contributed by atoms with E-state index in [0.717, 1.165) is 55.6 Å². The molecule has 0 spiro atoms. The molecule has 0 aromatic heterocycles. The highest BCUT2D eigenvalue weighted by Gasteiger charge is 2.40. The molecule has 5 rings (SSSR count). The Morgan fingerprint density at radius 1 is 1.00 bits per heavy atom. The first-order valence-corrected chi connectivity index (χ1v) is 16.8. The van der Waals surface area contributed by atoms with Crippen LogP contribution < -0.4 is 9.46 Å². The topological polar surface area (TPSA) is 133 Å². The molecule has 2 aliphatic rings. The van der Waals surface area contributed by atoms with Gasteiger partial charge in [0.25, 0.3) is 16.5 Å². The first-order valence-electron chi connectivity index (χ1n) is 15.3. The van der Waals surface area contributed by atoms with Crippen molar-refractivity contribution in [2.45, 2.75) is 55.0 Å². The molecule has 9 nitrogen and oxygen atoms in total. The SMILES string of the molecule is CN1CCC[C@H](c2cccc(S(=O)(=O)Nc3ccc([C@H]4CCC[C@@H](COc5ccc(C(F)(F)F)cc5)[C@@H]4C(=O)O)cc3)c2)C1.O=CO. The smallest absolute Gasteiger partial charge is 0.416 e. The van der Waals surface area contributed by atoms with E-state index in [1.165, 1.54) is 12.1 Å². The van der Waals surface area contributed by atoms with E-state index >= 15 is 0 Å². The van der Waals surface area contributed by atoms with Crippen molar-refractivity contribution in [3.63, 3.8) is 0 Å². The van der Waals surface area contributed by atoms with Crippen LogP contribution in [-0.2, 0) is 25.8 Å². The van der Waals surface area contributed by atoms with E-state index in [4.69, 9.17) is 14.6 Å². The van der Waals surface area contributed by atoms with Crippen molar-refractivity contribution in [1.29, 1.82) is 0 Å². The highest BCUT2D eigenvalue weighted by atomic mass is 32.2. The van der Waals surface area contributed by atoms with Gasteiger partial charge in [0.05, 0.1) is 23.0 Å². The summed E-state index contributed by atoms with van der Waals surface area (Å²) >= 11 is 0. The molecule has 3 aromatic carbocycles. The largest absolute Gasteiger partial charge is 0.493 e. The van der Waals surface area contributed by atoms with Crippen molar-refractivity contribution in [1.82, 2.24) is 4.90 Å². The Morgan fingerprint density at radius 2 is 1.68 bits per heavy atom. The zero-order chi connectivity index (χ0) is 34.2. The third-order valence-electron chi connectivity index (χ3n) is 8.82. The van der Waals surface area contributed by atoms with Gasteiger partial charge in [-0.15, -0.1) is 0 Å². The molecule has 0 bridgehead atoms. The fourth-order valence-electron chi connectivity index (χ4n) is 6.55. The maximum absolute atomic E-state index is 13.3. The number of likely N-dealkylation sites (tertiary alicyclic amines) is 1. The molecule has 0 amide bonds. The lowest BCUT2D eigenvalue weighted by Crippen LogP contribution is -2.36. The molecule has 2 fully saturated rings. The highest BCUT2D eigenvalue weighted by Crippen LogP contribution is 2.42. The van der Waals surface area contributed by atoms with E-state index < -0.39 is 33.7 Å². The molecule has 1 heterocycles. The van der Waals surface area contributed by atoms with E-state index in [0.29, 0.717) is 18.5 Å². The third kappa shape index (κ3) is 9.48. The van der Waals surface area contributed by atoms with Crippen molar-refractivity contribution in [3.8, 4) is 5.75 Å². The van der Waals surface area contributed by atoms with Gasteiger partial charge in [0.1, 0.15) is 5.75 Å². The number of ether oxygens (including phenoxy) is 1. The number of sulfonamides is 1. The van der Waals surface area contributed by atoms with Gasteiger partial charge in [-0.25, -0.2) is 8.42 Å². The molecule has 1 aliphatic carbocycles. The second-order valence-corrected chi connectivity index (χ2v) is 13.7. The van der Waals surface area contributed by atoms with Gasteiger partial charge in [-0.3, -0.25) is 14.3 Å². The average Bonchev–Trinajstić information content (AvgIpc) is 3.04. The van der Waals surface area contributed by atoms with Crippen molar-refractivity contribution < 1.29 is 46.1 Å². The van der Waals surface area contributed by atoms with E-state index in [-0.39, 0.29) is 41.5 Å². The zero-order valence-corrected chi connectivity index (χ0v) is 26.7. The number of halogens is 3. The standard InChI is InChI=1S/C33H37F3N2O5S.CH2O2/c1-38-18-4-7-24(20-38)23-5-2-8-29(19-23)44(41,42)37-27-14-10-22(11-15-27)30-9-3-6-25(31(30)32(39)40)21-43-28-16-12-26(13-17-28)33(34,35)36;2-1-3/h2,5,8,10-17,19,24-25,30-31,37H,3-4,6-7,9,18,20-21H2,1H3,(H,39,40);1H,(H,2,3)/t24-,25-,30+,31-;/m0./s1. The first kappa shape index (κ1) is 35.7. The molecule has 13 heteroatoms. The number of carboxylic acids is 1. The molecule has 3 N–H and O–H groups in total. The molecule has 47 heavy (non-hydrogen) atoms. The number of carbonyl (C=O) groups is 2. The number of likely N-dealkylation sites (N-methyl/N-ethyl adjacent to an activating group) is 1. The fourth-order valence-corrected chi connectivity index (χ4v) is 7.67. The quantitative estimate of drug-likeness (QED) is 0.214. The number of hydrogen-bond acceptors (Lipinski definition) is 6. The van der Waals surface area contributed by atoms with Crippen LogP contribution in [0.3, 0.4) is 0 Å². The maximum Gasteiger partial charge on any atom is 0.416 e. The predicted molar refractivity (Wildman–Crippen MR) is 170 cm³/mol. The van der Waals surface area contributed by atoms with Crippen LogP contribution in [0.1, 0.15) is 60.6 Å². The number of rotatable bonds is 9. The number of hydrogen-bond donors (Lipinski definition) is 3. The Balaban J connectivity index is 0.00000160. The van der Waals surface area contributed by atoms with Crippen LogP contribution in [0.5, 0.6) is 5.75 Å². The Labute approximate surface area is 272 Å². The normalized spacial score (nSPS) is 22.0. The summed E-state index contributed by atoms with van der Waals surface area (Å²) in [7, 11) is -1.77. The molecule has 4 atom stereocenters. The van der Waals surface area contributed by atoms with Gasteiger partial charge in [-0.2, -0.15) is 13.2 Å². The van der Waals surface area contributed by atoms with Gasteiger partial charge in [-0.05, 0) is 111 Å². The summed E-state index contributed by atoms with van der Waals surface area (Å²) in [5, 5.41) is 17.0. The van der Waals surface area contributed by atoms with Crippen molar-refractivity contribution in [3.05, 3.63) is 89.5 Å². The van der Waals surface area contributed by atoms with Gasteiger partial charge >= 0.3 is 12.1 Å². The summed E-state index contributed by atoms with van der Waals surface area (Å²) in [6.45, 7) is 1.74. The summed E-state index contributed by atoms with van der Waals surface area (Å²) in [5.41, 5.74) is 1.38. The van der Waals surface area contributed by atoms with Crippen molar-refractivity contribution in [2.24, 2.45) is 11.8 Å². The number of benzene rings is 3. The zero-order valence-electron chi connectivity index (χ0n) is 25.9. The number of alkyl halides is 3. The van der Waals surface area contributed by atoms with E-state index in [1.54, 1.807) is 42.5 Å². The lowest BCUT2D eigenvalue weighted by molar-refractivity contribution is -0.146. The molecule has 1 saturated carbocycles. The molecule has 3 aromatic rings. The molecule has 1 saturated heterocycles. The minimum atomic E-state index is -4.45. The van der Waals surface area contributed by atoms with Gasteiger partial charge in [0, 0.05) is 18.2 Å². The number of anilines is 1. The van der Waals surface area contributed by atoms with Gasteiger partial charge in [0.15, 0.2) is 0 Å². The minimum Gasteiger partial charge on any atom is -0.493 e. The molecule has 0 unspecified atom stereocenters. The molecule has 254 valence electrons. The number of nitrogens with one attached hydrogen (secondary N) is 1. The van der Waals surface area contributed by atoms with Gasteiger partial charge in [0.2, 0.25) is 0 Å². The molecular weight excluding hydrogens is 637 g/mol. The third-order valence-corrected chi connectivity index (χ3v) is 10.2. The predicted octanol–water partition coefficient (Wildman–Crippen LogP) is 6.68. The van der Waals surface area contributed by atoms with Crippen LogP contribution in [0.15, 0.2) is 77.7 Å². The summed E-state index contributed by atoms with van der Waals surface area (Å²) < 4.78 is 73.5. The molecule has 0 radical (unpaired) electrons. The Bertz CT molecular complexity index is 1600. The fraction of sp³-hybridized carbons (Fsp3) is 0.412. The maximum atomic E-state index is 13.3. The average molecular weight is 677 g/mol. The van der Waals surface area contributed by atoms with Crippen LogP contribution in [-0.4, -0.2) is 62.7 Å². The summed E-state index contributed by atoms with van der Waals surface area (Å²) in [5.74, 6) is -1.87. The lowest BCUT2D eigenvalue weighted by atomic mass is 9.69. The molecule has 1 aliphatic heterocycles. The van der Waals surface area contributed by atoms with Gasteiger partial charge < -0.3 is 19.8 Å². The van der Waals surface area contributed by atoms with Crippen LogP contribution in [0, 0.1) is 11.8 Å². The molecular formula is C34H39F3N2O7S. The Morgan fingerprint density at radius 3 is 2.30 bits per heavy atom. The second-order valence-electron chi connectivity index (χ2n) is 12.0. The van der Waals surface area contributed by atoms with Crippen molar-refractivity contribution in [2.75, 3.05) is 31.5 Å². The number of aliphatic carboxylic acids is 1. The van der Waals surface area contributed by atoms with Crippen LogP contribution in [0.2, 0.25) is 0 Å². The van der Waals surface area contributed by atoms with E-state index in [9.17, 15) is 31.5 Å². The van der Waals surface area contributed by atoms with Crippen molar-refractivity contribution >= 4 is 28.2 Å². The monoisotopic (exact) mass is 676 g/mol. The highest BCUT2D eigenvalue weighted by molar-refractivity contribution is 7.92. The van der Waals surface area contributed by atoms with Crippen LogP contribution in [0.25, 0.3) is 0 Å². The number of piperidine rings is 1. The summed E-state index contributed by atoms with van der Waals surface area (Å²) in [4.78, 5) is 23.2. The summed E-state index contributed by atoms with van der Waals surface area (Å²) in [6.07, 6.45) is -0.347. The second kappa shape index (κ2) is 15.7. The van der Waals surface area contributed by atoms with Gasteiger partial charge in [-0.1, -0.05) is 30.7 Å². The first-order chi connectivity index (χ1) is 22.3. The Kier molecular flexibility index (Phi) is 11.9. The Hall–Kier alpha value is -4.10. The summed E-state index contributed by atoms with van der Waals surface area (Å²) in [6, 6.07) is 18.2. The van der Waals surface area contributed by atoms with E-state index in [2.05, 4.69) is 16.7 Å². The van der Waals surface area contributed by atoms with Crippen LogP contribution >= 0.6 is 0 Å². The minimum absolute atomic E-state index is 0.0624. The number of nitrogens with zero attached hydrogens (tertiary/aromatic N) is 1.